The molecule has 42 heavy (non-hydrogen) atoms. The molecule has 0 bridgehead atoms. The monoisotopic (exact) mass is 608 g/mol. The van der Waals surface area contributed by atoms with Crippen LogP contribution in [0, 0.1) is 11.6 Å². The van der Waals surface area contributed by atoms with Crippen molar-refractivity contribution in [3.05, 3.63) is 77.0 Å². The van der Waals surface area contributed by atoms with E-state index in [2.05, 4.69) is 16.5 Å². The summed E-state index contributed by atoms with van der Waals surface area (Å²) in [6.45, 7) is 8.52. The van der Waals surface area contributed by atoms with Crippen molar-refractivity contribution >= 4 is 46.3 Å². The molecule has 8 nitrogen and oxygen atoms in total. The van der Waals surface area contributed by atoms with Gasteiger partial charge in [0.15, 0.2) is 11.5 Å². The topological polar surface area (TPSA) is 84.2 Å². The Kier molecular flexibility index (Phi) is 8.65. The van der Waals surface area contributed by atoms with Gasteiger partial charge in [0.05, 0.1) is 22.3 Å². The Morgan fingerprint density at radius 1 is 1.12 bits per heavy atom. The second-order valence-electron chi connectivity index (χ2n) is 9.75. The Labute approximate surface area is 250 Å². The highest BCUT2D eigenvalue weighted by Crippen LogP contribution is 2.37. The van der Waals surface area contributed by atoms with Gasteiger partial charge in [-0.25, -0.2) is 23.1 Å². The van der Waals surface area contributed by atoms with Crippen molar-refractivity contribution in [3.63, 3.8) is 0 Å². The molecular formula is C30H30F2N6O2S2. The van der Waals surface area contributed by atoms with E-state index in [9.17, 15) is 9.59 Å². The first-order valence-corrected chi connectivity index (χ1v) is 15.8. The fourth-order valence-corrected chi connectivity index (χ4v) is 6.56. The van der Waals surface area contributed by atoms with Gasteiger partial charge in [-0.3, -0.25) is 9.78 Å². The number of piperazine rings is 1. The molecule has 3 aromatic heterocycles. The predicted molar refractivity (Wildman–Crippen MR) is 165 cm³/mol. The van der Waals surface area contributed by atoms with Gasteiger partial charge in [0.1, 0.15) is 17.3 Å². The molecule has 0 aliphatic carbocycles. The number of rotatable bonds is 7. The molecular weight excluding hydrogens is 579 g/mol. The van der Waals surface area contributed by atoms with Gasteiger partial charge in [-0.2, -0.15) is 4.98 Å². The van der Waals surface area contributed by atoms with Crippen LogP contribution in [0.5, 0.6) is 0 Å². The number of nitrogens with zero attached hydrogens (tertiary/aromatic N) is 6. The number of thioether (sulfide) groups is 2. The number of benzene rings is 1. The molecule has 0 radical (unpaired) electrons. The van der Waals surface area contributed by atoms with Gasteiger partial charge in [0.2, 0.25) is 5.91 Å². The Morgan fingerprint density at radius 3 is 2.55 bits per heavy atom. The minimum absolute atomic E-state index is 0.0265. The van der Waals surface area contributed by atoms with Crippen LogP contribution in [0.15, 0.2) is 63.8 Å². The molecule has 4 heterocycles. The molecule has 0 N–H and O–H groups in total. The highest BCUT2D eigenvalue weighted by molar-refractivity contribution is 7.99. The third-order valence-corrected chi connectivity index (χ3v) is 8.91. The van der Waals surface area contributed by atoms with E-state index in [0.29, 0.717) is 47.7 Å². The number of pyridine rings is 2. The fourth-order valence-electron chi connectivity index (χ4n) is 5.35. The summed E-state index contributed by atoms with van der Waals surface area (Å²) < 4.78 is 32.6. The van der Waals surface area contributed by atoms with Crippen LogP contribution in [0.4, 0.5) is 14.6 Å². The SMILES string of the molecule is C=CC(=O)N1CCN(c2nc(=O)n(-c3c(SC)ccnc3CC)c3nc(-c4c(F)cccc4SC)c(F)cc23)[C@@H](C)C1. The molecule has 1 aliphatic rings. The number of hydrogen-bond acceptors (Lipinski definition) is 8. The maximum atomic E-state index is 16.0. The molecule has 1 atom stereocenters. The molecule has 0 spiro atoms. The van der Waals surface area contributed by atoms with Gasteiger partial charge in [0, 0.05) is 41.7 Å². The van der Waals surface area contributed by atoms with Crippen LogP contribution in [-0.2, 0) is 11.2 Å². The lowest BCUT2D eigenvalue weighted by Crippen LogP contribution is -2.54. The Bertz CT molecular complexity index is 1740. The third kappa shape index (κ3) is 5.17. The van der Waals surface area contributed by atoms with Crippen LogP contribution in [0.3, 0.4) is 0 Å². The molecule has 4 aromatic rings. The lowest BCUT2D eigenvalue weighted by Gasteiger charge is -2.40. The van der Waals surface area contributed by atoms with E-state index in [-0.39, 0.29) is 34.7 Å². The minimum atomic E-state index is -0.740. The van der Waals surface area contributed by atoms with Crippen LogP contribution in [0.2, 0.25) is 0 Å². The molecule has 1 amide bonds. The van der Waals surface area contributed by atoms with E-state index in [1.807, 2.05) is 25.0 Å². The maximum Gasteiger partial charge on any atom is 0.355 e. The van der Waals surface area contributed by atoms with Crippen LogP contribution in [0.1, 0.15) is 19.5 Å². The zero-order chi connectivity index (χ0) is 30.1. The second kappa shape index (κ2) is 12.2. The molecule has 12 heteroatoms. The summed E-state index contributed by atoms with van der Waals surface area (Å²) in [6.07, 6.45) is 7.14. The molecule has 1 aliphatic heterocycles. The van der Waals surface area contributed by atoms with E-state index in [1.54, 1.807) is 35.6 Å². The van der Waals surface area contributed by atoms with Crippen molar-refractivity contribution in [1.29, 1.82) is 0 Å². The molecule has 1 aromatic carbocycles. The summed E-state index contributed by atoms with van der Waals surface area (Å²) in [5.41, 5.74) is 0.520. The average Bonchev–Trinajstić information content (AvgIpc) is 3.00. The van der Waals surface area contributed by atoms with Crippen molar-refractivity contribution in [2.24, 2.45) is 0 Å². The van der Waals surface area contributed by atoms with Crippen molar-refractivity contribution < 1.29 is 13.6 Å². The maximum absolute atomic E-state index is 16.0. The van der Waals surface area contributed by atoms with E-state index >= 15 is 8.78 Å². The number of aromatic nitrogens is 4. The quantitative estimate of drug-likeness (QED) is 0.205. The number of amides is 1. The zero-order valence-corrected chi connectivity index (χ0v) is 25.4. The highest BCUT2D eigenvalue weighted by atomic mass is 32.2. The molecule has 1 saturated heterocycles. The van der Waals surface area contributed by atoms with Crippen molar-refractivity contribution in [2.45, 2.75) is 36.1 Å². The predicted octanol–water partition coefficient (Wildman–Crippen LogP) is 5.35. The minimum Gasteiger partial charge on any atom is -0.350 e. The van der Waals surface area contributed by atoms with Gasteiger partial charge in [0.25, 0.3) is 0 Å². The van der Waals surface area contributed by atoms with Gasteiger partial charge < -0.3 is 9.80 Å². The standard InChI is InChI=1S/C30H30F2N6O2S2/c1-6-21-27(23(42-5)11-12-33-21)38-29-18(15-20(32)26(34-29)25-19(31)9-8-10-22(25)41-4)28(35-30(38)40)37-14-13-36(16-17(37)3)24(39)7-2/h7-12,15,17H,2,6,13-14,16H2,1,3-5H3/t17-/m0/s1. The second-order valence-corrected chi connectivity index (χ2v) is 11.4. The highest BCUT2D eigenvalue weighted by Gasteiger charge is 2.31. The lowest BCUT2D eigenvalue weighted by molar-refractivity contribution is -0.126. The summed E-state index contributed by atoms with van der Waals surface area (Å²) in [4.78, 5) is 44.8. The Hall–Kier alpha value is -3.77. The first-order chi connectivity index (χ1) is 20.2. The number of carbonyl (C=O) groups is 1. The molecule has 0 saturated carbocycles. The summed E-state index contributed by atoms with van der Waals surface area (Å²) in [5.74, 6) is -1.28. The zero-order valence-electron chi connectivity index (χ0n) is 23.7. The van der Waals surface area contributed by atoms with Gasteiger partial charge in [-0.05, 0) is 56.2 Å². The van der Waals surface area contributed by atoms with Crippen molar-refractivity contribution in [1.82, 2.24) is 24.4 Å². The van der Waals surface area contributed by atoms with Crippen LogP contribution in [-0.4, -0.2) is 68.5 Å². The van der Waals surface area contributed by atoms with Gasteiger partial charge in [-0.1, -0.05) is 19.6 Å². The number of anilines is 1. The van der Waals surface area contributed by atoms with Crippen LogP contribution >= 0.6 is 23.5 Å². The molecule has 1 fully saturated rings. The lowest BCUT2D eigenvalue weighted by atomic mass is 10.1. The van der Waals surface area contributed by atoms with Gasteiger partial charge in [-0.15, -0.1) is 23.5 Å². The largest absolute Gasteiger partial charge is 0.355 e. The summed E-state index contributed by atoms with van der Waals surface area (Å²) in [6, 6.07) is 7.37. The first kappa shape index (κ1) is 29.7. The number of halogens is 2. The van der Waals surface area contributed by atoms with Crippen LogP contribution < -0.4 is 10.6 Å². The first-order valence-electron chi connectivity index (χ1n) is 13.4. The summed E-state index contributed by atoms with van der Waals surface area (Å²) >= 11 is 2.71. The number of aryl methyl sites for hydroxylation is 1. The third-order valence-electron chi connectivity index (χ3n) is 7.36. The number of hydrogen-bond donors (Lipinski definition) is 0. The normalized spacial score (nSPS) is 15.3. The smallest absolute Gasteiger partial charge is 0.350 e. The van der Waals surface area contributed by atoms with E-state index in [4.69, 9.17) is 4.98 Å². The van der Waals surface area contributed by atoms with Crippen molar-refractivity contribution in [3.8, 4) is 16.9 Å². The molecule has 5 rings (SSSR count). The fraction of sp³-hybridized carbons (Fsp3) is 0.300. The van der Waals surface area contributed by atoms with E-state index in [1.165, 1.54) is 46.3 Å². The van der Waals surface area contributed by atoms with Gasteiger partial charge >= 0.3 is 5.69 Å². The van der Waals surface area contributed by atoms with E-state index < -0.39 is 17.3 Å². The summed E-state index contributed by atoms with van der Waals surface area (Å²) in [5, 5.41) is 0.297. The Balaban J connectivity index is 1.84. The average molecular weight is 609 g/mol. The summed E-state index contributed by atoms with van der Waals surface area (Å²) in [7, 11) is 0. The van der Waals surface area contributed by atoms with E-state index in [0.717, 1.165) is 4.90 Å². The van der Waals surface area contributed by atoms with Crippen LogP contribution in [0.25, 0.3) is 28.0 Å². The number of carbonyl (C=O) groups excluding carboxylic acids is 1. The molecule has 0 unspecified atom stereocenters. The number of fused-ring (bicyclic) bond motifs is 1. The Morgan fingerprint density at radius 2 is 1.88 bits per heavy atom. The molecule has 218 valence electrons. The van der Waals surface area contributed by atoms with Crippen molar-refractivity contribution in [2.75, 3.05) is 37.0 Å².